The monoisotopic (exact) mass is 317 g/mol. The van der Waals surface area contributed by atoms with Crippen LogP contribution in [0.25, 0.3) is 0 Å². The molecule has 1 aliphatic rings. The molecule has 0 saturated heterocycles. The second-order valence-electron chi connectivity index (χ2n) is 7.34. The number of carbonyl (C=O) groups excluding carboxylic acids is 2. The number of fused-ring (bicyclic) bond motifs is 1. The van der Waals surface area contributed by atoms with Crippen LogP contribution >= 0.6 is 0 Å². The van der Waals surface area contributed by atoms with Crippen molar-refractivity contribution in [1.82, 2.24) is 10.6 Å². The van der Waals surface area contributed by atoms with E-state index in [1.54, 1.807) is 4.90 Å². The van der Waals surface area contributed by atoms with E-state index >= 15 is 0 Å². The smallest absolute Gasteiger partial charge is 0.314 e. The molecular weight excluding hydrogens is 290 g/mol. The second kappa shape index (κ2) is 7.02. The van der Waals surface area contributed by atoms with Crippen LogP contribution in [0, 0.1) is 5.41 Å². The van der Waals surface area contributed by atoms with Crippen LogP contribution < -0.4 is 15.5 Å². The highest BCUT2D eigenvalue weighted by Gasteiger charge is 2.20. The molecular formula is C18H27N3O2. The van der Waals surface area contributed by atoms with Crippen molar-refractivity contribution in [3.05, 3.63) is 29.3 Å². The Morgan fingerprint density at radius 2 is 1.96 bits per heavy atom. The molecule has 5 nitrogen and oxygen atoms in total. The maximum atomic E-state index is 11.7. The molecule has 1 heterocycles. The summed E-state index contributed by atoms with van der Waals surface area (Å²) in [5, 5.41) is 5.76. The van der Waals surface area contributed by atoms with Crippen LogP contribution in [-0.2, 0) is 17.6 Å². The number of nitrogens with one attached hydrogen (secondary N) is 2. The summed E-state index contributed by atoms with van der Waals surface area (Å²) in [6.45, 7) is 7.51. The molecule has 0 radical (unpaired) electrons. The van der Waals surface area contributed by atoms with Crippen molar-refractivity contribution in [2.75, 3.05) is 25.0 Å². The molecule has 0 bridgehead atoms. The highest BCUT2D eigenvalue weighted by molar-refractivity contribution is 5.95. The van der Waals surface area contributed by atoms with Crippen molar-refractivity contribution in [2.24, 2.45) is 5.41 Å². The van der Waals surface area contributed by atoms with Gasteiger partial charge in [0, 0.05) is 32.2 Å². The quantitative estimate of drug-likeness (QED) is 0.896. The number of aryl methyl sites for hydroxylation is 1. The van der Waals surface area contributed by atoms with Crippen LogP contribution in [0.2, 0.25) is 0 Å². The maximum absolute atomic E-state index is 11.7. The molecule has 5 heteroatoms. The predicted molar refractivity (Wildman–Crippen MR) is 92.7 cm³/mol. The van der Waals surface area contributed by atoms with Gasteiger partial charge in [-0.2, -0.15) is 0 Å². The van der Waals surface area contributed by atoms with Crippen molar-refractivity contribution < 1.29 is 9.59 Å². The predicted octanol–water partition coefficient (Wildman–Crippen LogP) is 2.48. The van der Waals surface area contributed by atoms with Crippen LogP contribution in [0.15, 0.2) is 18.2 Å². The summed E-state index contributed by atoms with van der Waals surface area (Å²) in [5.41, 5.74) is 3.48. The lowest BCUT2D eigenvalue weighted by molar-refractivity contribution is -0.118. The fraction of sp³-hybridized carbons (Fsp3) is 0.556. The molecule has 1 aliphatic heterocycles. The van der Waals surface area contributed by atoms with Gasteiger partial charge < -0.3 is 15.5 Å². The molecule has 2 rings (SSSR count). The summed E-state index contributed by atoms with van der Waals surface area (Å²) in [4.78, 5) is 25.1. The number of hydrogen-bond donors (Lipinski definition) is 2. The highest BCUT2D eigenvalue weighted by Crippen LogP contribution is 2.27. The Balaban J connectivity index is 1.83. The first-order valence-electron chi connectivity index (χ1n) is 8.16. The van der Waals surface area contributed by atoms with Gasteiger partial charge in [0.05, 0.1) is 0 Å². The van der Waals surface area contributed by atoms with Gasteiger partial charge in [-0.05, 0) is 35.4 Å². The molecule has 3 amide bonds. The number of anilines is 1. The Labute approximate surface area is 138 Å². The van der Waals surface area contributed by atoms with Gasteiger partial charge in [0.1, 0.15) is 0 Å². The molecule has 1 aromatic carbocycles. The van der Waals surface area contributed by atoms with Gasteiger partial charge in [-0.15, -0.1) is 0 Å². The first-order valence-corrected chi connectivity index (χ1v) is 8.16. The molecule has 0 aliphatic carbocycles. The third-order valence-corrected chi connectivity index (χ3v) is 3.97. The lowest BCUT2D eigenvalue weighted by Crippen LogP contribution is -2.40. The van der Waals surface area contributed by atoms with Gasteiger partial charge in [0.2, 0.25) is 5.91 Å². The van der Waals surface area contributed by atoms with E-state index in [1.165, 1.54) is 11.1 Å². The van der Waals surface area contributed by atoms with Crippen LogP contribution in [-0.4, -0.2) is 32.1 Å². The van der Waals surface area contributed by atoms with Crippen LogP contribution in [0.1, 0.15) is 38.3 Å². The molecule has 0 atom stereocenters. The molecule has 0 saturated carbocycles. The molecule has 0 unspecified atom stereocenters. The molecule has 0 aromatic heterocycles. The fourth-order valence-corrected chi connectivity index (χ4v) is 2.59. The first-order chi connectivity index (χ1) is 10.8. The van der Waals surface area contributed by atoms with Crippen molar-refractivity contribution >= 4 is 17.6 Å². The Morgan fingerprint density at radius 3 is 2.65 bits per heavy atom. The summed E-state index contributed by atoms with van der Waals surface area (Å²) < 4.78 is 0. The lowest BCUT2D eigenvalue weighted by atomic mass is 9.97. The van der Waals surface area contributed by atoms with Crippen LogP contribution in [0.5, 0.6) is 0 Å². The average Bonchev–Trinajstić information content (AvgIpc) is 2.48. The van der Waals surface area contributed by atoms with E-state index in [4.69, 9.17) is 0 Å². The molecule has 23 heavy (non-hydrogen) atoms. The number of benzene rings is 1. The number of rotatable bonds is 4. The van der Waals surface area contributed by atoms with E-state index in [1.807, 2.05) is 19.2 Å². The molecule has 2 N–H and O–H groups in total. The third kappa shape index (κ3) is 4.98. The minimum Gasteiger partial charge on any atom is -0.338 e. The Bertz CT molecular complexity index is 590. The van der Waals surface area contributed by atoms with Crippen molar-refractivity contribution in [1.29, 1.82) is 0 Å². The van der Waals surface area contributed by atoms with Crippen LogP contribution in [0.4, 0.5) is 10.5 Å². The van der Waals surface area contributed by atoms with E-state index in [9.17, 15) is 9.59 Å². The summed E-state index contributed by atoms with van der Waals surface area (Å²) in [6.07, 6.45) is 2.15. The van der Waals surface area contributed by atoms with Crippen molar-refractivity contribution in [2.45, 2.75) is 40.0 Å². The zero-order valence-corrected chi connectivity index (χ0v) is 14.5. The summed E-state index contributed by atoms with van der Waals surface area (Å²) >= 11 is 0. The number of hydrogen-bond acceptors (Lipinski definition) is 2. The van der Waals surface area contributed by atoms with Gasteiger partial charge in [-0.25, -0.2) is 4.79 Å². The maximum Gasteiger partial charge on any atom is 0.314 e. The van der Waals surface area contributed by atoms with E-state index < -0.39 is 0 Å². The van der Waals surface area contributed by atoms with Gasteiger partial charge in [0.25, 0.3) is 0 Å². The zero-order chi connectivity index (χ0) is 17.0. The average molecular weight is 317 g/mol. The van der Waals surface area contributed by atoms with Gasteiger partial charge in [-0.1, -0.05) is 32.9 Å². The van der Waals surface area contributed by atoms with Gasteiger partial charge in [-0.3, -0.25) is 4.79 Å². The molecule has 126 valence electrons. The minimum atomic E-state index is -0.122. The van der Waals surface area contributed by atoms with E-state index in [-0.39, 0.29) is 17.4 Å². The fourth-order valence-electron chi connectivity index (χ4n) is 2.59. The number of urea groups is 1. The van der Waals surface area contributed by atoms with Crippen molar-refractivity contribution in [3.63, 3.8) is 0 Å². The Hall–Kier alpha value is -2.04. The summed E-state index contributed by atoms with van der Waals surface area (Å²) in [7, 11) is 1.82. The topological polar surface area (TPSA) is 61.4 Å². The van der Waals surface area contributed by atoms with Gasteiger partial charge in [0.15, 0.2) is 0 Å². The highest BCUT2D eigenvalue weighted by atomic mass is 16.2. The summed E-state index contributed by atoms with van der Waals surface area (Å²) in [5.74, 6) is 0.169. The first kappa shape index (κ1) is 17.3. The number of amides is 3. The second-order valence-corrected chi connectivity index (χ2v) is 7.34. The number of carbonyl (C=O) groups is 2. The largest absolute Gasteiger partial charge is 0.338 e. The summed E-state index contributed by atoms with van der Waals surface area (Å²) in [6, 6.07) is 6.06. The van der Waals surface area contributed by atoms with Gasteiger partial charge >= 0.3 is 6.03 Å². The normalized spacial score (nSPS) is 14.4. The Morgan fingerprint density at radius 1 is 1.22 bits per heavy atom. The van der Waals surface area contributed by atoms with E-state index in [0.717, 1.165) is 18.5 Å². The SMILES string of the molecule is CN1C(=O)CCc2cc(CCNC(=O)NCC(C)(C)C)ccc21. The van der Waals surface area contributed by atoms with E-state index in [2.05, 4.69) is 37.5 Å². The minimum absolute atomic E-state index is 0.0826. The molecule has 1 aromatic rings. The zero-order valence-electron chi connectivity index (χ0n) is 14.5. The standard InChI is InChI=1S/C18H27N3O2/c1-18(2,3)12-20-17(23)19-10-9-13-5-7-15-14(11-13)6-8-16(22)21(15)4/h5,7,11H,6,8-10,12H2,1-4H3,(H2,19,20,23). The molecule has 0 spiro atoms. The van der Waals surface area contributed by atoms with E-state index in [0.29, 0.717) is 19.5 Å². The van der Waals surface area contributed by atoms with Crippen LogP contribution in [0.3, 0.4) is 0 Å². The molecule has 0 fully saturated rings. The number of nitrogens with zero attached hydrogens (tertiary/aromatic N) is 1. The third-order valence-electron chi connectivity index (χ3n) is 3.97. The Kier molecular flexibility index (Phi) is 5.29. The lowest BCUT2D eigenvalue weighted by Gasteiger charge is -2.26. The van der Waals surface area contributed by atoms with Crippen molar-refractivity contribution in [3.8, 4) is 0 Å².